The van der Waals surface area contributed by atoms with Crippen molar-refractivity contribution in [2.45, 2.75) is 31.7 Å². The summed E-state index contributed by atoms with van der Waals surface area (Å²) in [5.74, 6) is 1.71. The smallest absolute Gasteiger partial charge is 0.220 e. The first-order valence-corrected chi connectivity index (χ1v) is 7.70. The van der Waals surface area contributed by atoms with Gasteiger partial charge in [-0.05, 0) is 43.5 Å². The average molecular weight is 290 g/mol. The zero-order chi connectivity index (χ0) is 14.5. The lowest BCUT2D eigenvalue weighted by molar-refractivity contribution is -0.121. The Hall–Kier alpha value is -1.75. The number of hydrogen-bond acceptors (Lipinski definition) is 4. The molecular weight excluding hydrogens is 268 g/mol. The second kappa shape index (κ2) is 6.80. The molecule has 0 radical (unpaired) electrons. The van der Waals surface area contributed by atoms with Gasteiger partial charge in [0, 0.05) is 19.0 Å². The summed E-state index contributed by atoms with van der Waals surface area (Å²) in [7, 11) is 0. The molecule has 1 fully saturated rings. The van der Waals surface area contributed by atoms with Crippen LogP contribution in [0.15, 0.2) is 18.2 Å². The maximum atomic E-state index is 12.0. The van der Waals surface area contributed by atoms with Gasteiger partial charge in [0.05, 0.1) is 0 Å². The highest BCUT2D eigenvalue weighted by molar-refractivity contribution is 5.76. The molecule has 0 aliphatic carbocycles. The fourth-order valence-electron chi connectivity index (χ4n) is 2.78. The highest BCUT2D eigenvalue weighted by Gasteiger charge is 2.16. The van der Waals surface area contributed by atoms with Crippen LogP contribution in [-0.2, 0) is 11.2 Å². The predicted octanol–water partition coefficient (Wildman–Crippen LogP) is 1.26. The highest BCUT2D eigenvalue weighted by Crippen LogP contribution is 2.31. The van der Waals surface area contributed by atoms with Crippen LogP contribution in [0.5, 0.6) is 11.5 Å². The Kier molecular flexibility index (Phi) is 4.60. The molecule has 0 bridgehead atoms. The van der Waals surface area contributed by atoms with Crippen molar-refractivity contribution in [3.05, 3.63) is 23.8 Å². The zero-order valence-electron chi connectivity index (χ0n) is 12.2. The molecule has 2 heterocycles. The third-order valence-electron chi connectivity index (χ3n) is 3.91. The van der Waals surface area contributed by atoms with Crippen LogP contribution in [0, 0.1) is 0 Å². The van der Waals surface area contributed by atoms with Crippen LogP contribution in [0.4, 0.5) is 0 Å². The van der Waals surface area contributed by atoms with Crippen molar-refractivity contribution < 1.29 is 14.3 Å². The van der Waals surface area contributed by atoms with Crippen LogP contribution < -0.4 is 20.1 Å². The van der Waals surface area contributed by atoms with Crippen LogP contribution in [0.1, 0.15) is 24.8 Å². The average Bonchev–Trinajstić information content (AvgIpc) is 2.54. The quantitative estimate of drug-likeness (QED) is 0.876. The number of amides is 1. The topological polar surface area (TPSA) is 59.6 Å². The van der Waals surface area contributed by atoms with Crippen LogP contribution in [0.3, 0.4) is 0 Å². The van der Waals surface area contributed by atoms with E-state index in [-0.39, 0.29) is 11.9 Å². The number of fused-ring (bicyclic) bond motifs is 1. The second-order valence-corrected chi connectivity index (χ2v) is 5.59. The number of ether oxygens (including phenoxy) is 2. The summed E-state index contributed by atoms with van der Waals surface area (Å²) < 4.78 is 11.1. The van der Waals surface area contributed by atoms with E-state index in [1.54, 1.807) is 0 Å². The highest BCUT2D eigenvalue weighted by atomic mass is 16.6. The van der Waals surface area contributed by atoms with Crippen molar-refractivity contribution in [3.8, 4) is 11.5 Å². The number of aryl methyl sites for hydroxylation is 1. The molecule has 1 aromatic carbocycles. The lowest BCUT2D eigenvalue weighted by Crippen LogP contribution is -2.45. The molecule has 2 N–H and O–H groups in total. The Morgan fingerprint density at radius 1 is 1.29 bits per heavy atom. The fraction of sp³-hybridized carbons (Fsp3) is 0.562. The zero-order valence-corrected chi connectivity index (χ0v) is 12.2. The van der Waals surface area contributed by atoms with E-state index in [9.17, 15) is 4.79 Å². The standard InChI is InChI=1S/C16H22N2O3/c19-16(18-13-2-1-7-17-11-13)6-4-12-3-5-14-15(10-12)21-9-8-20-14/h3,5,10,13,17H,1-2,4,6-9,11H2,(H,18,19)/t13-/m0/s1. The molecule has 1 atom stereocenters. The van der Waals surface area contributed by atoms with Gasteiger partial charge in [0.2, 0.25) is 5.91 Å². The minimum atomic E-state index is 0.124. The van der Waals surface area contributed by atoms with Gasteiger partial charge in [-0.25, -0.2) is 0 Å². The normalized spacial score (nSPS) is 20.9. The van der Waals surface area contributed by atoms with E-state index in [1.165, 1.54) is 0 Å². The summed E-state index contributed by atoms with van der Waals surface area (Å²) in [6, 6.07) is 6.19. The number of nitrogens with one attached hydrogen (secondary N) is 2. The van der Waals surface area contributed by atoms with E-state index in [0.717, 1.165) is 49.4 Å². The number of piperidine rings is 1. The Balaban J connectivity index is 1.49. The number of carbonyl (C=O) groups excluding carboxylic acids is 1. The third kappa shape index (κ3) is 3.88. The van der Waals surface area contributed by atoms with Crippen molar-refractivity contribution in [2.24, 2.45) is 0 Å². The van der Waals surface area contributed by atoms with Crippen LogP contribution in [0.25, 0.3) is 0 Å². The molecule has 1 aromatic rings. The lowest BCUT2D eigenvalue weighted by atomic mass is 10.1. The Morgan fingerprint density at radius 2 is 2.14 bits per heavy atom. The lowest BCUT2D eigenvalue weighted by Gasteiger charge is -2.23. The maximum Gasteiger partial charge on any atom is 0.220 e. The van der Waals surface area contributed by atoms with Gasteiger partial charge < -0.3 is 20.1 Å². The molecule has 0 aromatic heterocycles. The van der Waals surface area contributed by atoms with E-state index < -0.39 is 0 Å². The predicted molar refractivity (Wildman–Crippen MR) is 79.8 cm³/mol. The van der Waals surface area contributed by atoms with Gasteiger partial charge in [0.15, 0.2) is 11.5 Å². The van der Waals surface area contributed by atoms with Gasteiger partial charge >= 0.3 is 0 Å². The third-order valence-corrected chi connectivity index (χ3v) is 3.91. The number of rotatable bonds is 4. The summed E-state index contributed by atoms with van der Waals surface area (Å²) in [6.07, 6.45) is 3.44. The molecule has 1 saturated heterocycles. The molecule has 0 saturated carbocycles. The molecule has 3 rings (SSSR count). The maximum absolute atomic E-state index is 12.0. The summed E-state index contributed by atoms with van der Waals surface area (Å²) >= 11 is 0. The summed E-state index contributed by atoms with van der Waals surface area (Å²) in [6.45, 7) is 3.13. The number of benzene rings is 1. The first-order chi connectivity index (χ1) is 10.3. The molecule has 2 aliphatic rings. The van der Waals surface area contributed by atoms with Crippen LogP contribution in [-0.4, -0.2) is 38.3 Å². The van der Waals surface area contributed by atoms with Crippen molar-refractivity contribution >= 4 is 5.91 Å². The molecule has 21 heavy (non-hydrogen) atoms. The Bertz CT molecular complexity index is 498. The van der Waals surface area contributed by atoms with Crippen molar-refractivity contribution in [2.75, 3.05) is 26.3 Å². The van der Waals surface area contributed by atoms with E-state index in [2.05, 4.69) is 10.6 Å². The first-order valence-electron chi connectivity index (χ1n) is 7.70. The molecule has 5 heteroatoms. The van der Waals surface area contributed by atoms with E-state index in [4.69, 9.17) is 9.47 Å². The first kappa shape index (κ1) is 14.2. The molecule has 1 amide bonds. The summed E-state index contributed by atoms with van der Waals surface area (Å²) in [4.78, 5) is 12.0. The largest absolute Gasteiger partial charge is 0.486 e. The monoisotopic (exact) mass is 290 g/mol. The molecule has 5 nitrogen and oxygen atoms in total. The Morgan fingerprint density at radius 3 is 2.95 bits per heavy atom. The van der Waals surface area contributed by atoms with Crippen LogP contribution >= 0.6 is 0 Å². The minimum absolute atomic E-state index is 0.124. The summed E-state index contributed by atoms with van der Waals surface area (Å²) in [5.41, 5.74) is 1.11. The van der Waals surface area contributed by atoms with Crippen molar-refractivity contribution in [3.63, 3.8) is 0 Å². The van der Waals surface area contributed by atoms with Gasteiger partial charge in [-0.1, -0.05) is 6.07 Å². The molecule has 0 unspecified atom stereocenters. The van der Waals surface area contributed by atoms with E-state index >= 15 is 0 Å². The van der Waals surface area contributed by atoms with E-state index in [0.29, 0.717) is 19.6 Å². The Labute approximate surface area is 125 Å². The van der Waals surface area contributed by atoms with Crippen LogP contribution in [0.2, 0.25) is 0 Å². The van der Waals surface area contributed by atoms with E-state index in [1.807, 2.05) is 18.2 Å². The van der Waals surface area contributed by atoms with Gasteiger partial charge in [0.1, 0.15) is 13.2 Å². The summed E-state index contributed by atoms with van der Waals surface area (Å²) in [5, 5.41) is 6.40. The SMILES string of the molecule is O=C(CCc1ccc2c(c1)OCCO2)N[C@H]1CCCNC1. The van der Waals surface area contributed by atoms with Gasteiger partial charge in [-0.3, -0.25) is 4.79 Å². The fourth-order valence-corrected chi connectivity index (χ4v) is 2.78. The number of carbonyl (C=O) groups is 1. The molecular formula is C16H22N2O3. The van der Waals surface area contributed by atoms with Crippen molar-refractivity contribution in [1.29, 1.82) is 0 Å². The molecule has 0 spiro atoms. The van der Waals surface area contributed by atoms with Crippen molar-refractivity contribution in [1.82, 2.24) is 10.6 Å². The minimum Gasteiger partial charge on any atom is -0.486 e. The van der Waals surface area contributed by atoms with Gasteiger partial charge in [0.25, 0.3) is 0 Å². The number of hydrogen-bond donors (Lipinski definition) is 2. The second-order valence-electron chi connectivity index (χ2n) is 5.59. The van der Waals surface area contributed by atoms with Gasteiger partial charge in [-0.2, -0.15) is 0 Å². The van der Waals surface area contributed by atoms with Gasteiger partial charge in [-0.15, -0.1) is 0 Å². The molecule has 2 aliphatic heterocycles. The molecule has 114 valence electrons.